The van der Waals surface area contributed by atoms with Gasteiger partial charge in [0.1, 0.15) is 11.3 Å². The van der Waals surface area contributed by atoms with Crippen molar-refractivity contribution in [3.63, 3.8) is 0 Å². The van der Waals surface area contributed by atoms with Crippen LogP contribution < -0.4 is 5.73 Å². The molecule has 0 aliphatic carbocycles. The standard InChI is InChI=1S/C23H29N7O3/c1-3-28(16(2)32)14-19-26-21-22(17-6-4-5-7-18(17)25-23(21)24)30(19)9-8-20(33)29-12-10-27(15-31)11-13-29/h4-7,15H,3,8-14H2,1-2H3,(H2,24,25). The number of imidazole rings is 1. The van der Waals surface area contributed by atoms with Gasteiger partial charge in [0, 0.05) is 58.0 Å². The third kappa shape index (κ3) is 4.46. The summed E-state index contributed by atoms with van der Waals surface area (Å²) in [7, 11) is 0. The number of carbonyl (C=O) groups excluding carboxylic acids is 3. The number of hydrogen-bond donors (Lipinski definition) is 1. The topological polar surface area (TPSA) is 118 Å². The fourth-order valence-electron chi connectivity index (χ4n) is 4.33. The van der Waals surface area contributed by atoms with Crippen molar-refractivity contribution in [3.8, 4) is 0 Å². The van der Waals surface area contributed by atoms with Crippen LogP contribution in [0.2, 0.25) is 0 Å². The van der Waals surface area contributed by atoms with Gasteiger partial charge in [0.25, 0.3) is 0 Å². The second-order valence-corrected chi connectivity index (χ2v) is 8.20. The van der Waals surface area contributed by atoms with Gasteiger partial charge in [-0.1, -0.05) is 18.2 Å². The molecule has 2 aromatic heterocycles. The SMILES string of the molecule is CCN(Cc1nc2c(N)nc3ccccc3c2n1CCC(=O)N1CCN(C=O)CC1)C(C)=O. The first-order valence-corrected chi connectivity index (χ1v) is 11.2. The van der Waals surface area contributed by atoms with Crippen molar-refractivity contribution in [2.45, 2.75) is 33.4 Å². The molecule has 0 atom stereocenters. The fourth-order valence-corrected chi connectivity index (χ4v) is 4.33. The molecule has 33 heavy (non-hydrogen) atoms. The summed E-state index contributed by atoms with van der Waals surface area (Å²) in [5.74, 6) is 0.978. The maximum absolute atomic E-state index is 12.9. The Kier molecular flexibility index (Phi) is 6.43. The molecule has 0 spiro atoms. The molecule has 1 aliphatic heterocycles. The minimum absolute atomic E-state index is 0.0265. The van der Waals surface area contributed by atoms with Crippen molar-refractivity contribution in [1.29, 1.82) is 0 Å². The molecular weight excluding hydrogens is 422 g/mol. The Hall–Kier alpha value is -3.69. The van der Waals surface area contributed by atoms with Crippen molar-refractivity contribution < 1.29 is 14.4 Å². The molecule has 0 unspecified atom stereocenters. The second kappa shape index (κ2) is 9.43. The minimum Gasteiger partial charge on any atom is -0.382 e. The predicted molar refractivity (Wildman–Crippen MR) is 125 cm³/mol. The summed E-state index contributed by atoms with van der Waals surface area (Å²) >= 11 is 0. The Morgan fingerprint density at radius 3 is 2.55 bits per heavy atom. The van der Waals surface area contributed by atoms with E-state index in [1.54, 1.807) is 14.7 Å². The van der Waals surface area contributed by atoms with E-state index in [2.05, 4.69) is 4.98 Å². The van der Waals surface area contributed by atoms with Crippen LogP contribution in [0.4, 0.5) is 5.82 Å². The van der Waals surface area contributed by atoms with Crippen LogP contribution in [-0.4, -0.2) is 80.2 Å². The van der Waals surface area contributed by atoms with Gasteiger partial charge in [0.05, 0.1) is 17.6 Å². The summed E-state index contributed by atoms with van der Waals surface area (Å²) in [6.07, 6.45) is 1.10. The van der Waals surface area contributed by atoms with Crippen LogP contribution in [0.1, 0.15) is 26.1 Å². The van der Waals surface area contributed by atoms with E-state index in [1.165, 1.54) is 6.92 Å². The van der Waals surface area contributed by atoms with E-state index in [0.29, 0.717) is 63.0 Å². The highest BCUT2D eigenvalue weighted by atomic mass is 16.2. The van der Waals surface area contributed by atoms with Crippen molar-refractivity contribution in [1.82, 2.24) is 29.2 Å². The van der Waals surface area contributed by atoms with Crippen LogP contribution in [0, 0.1) is 0 Å². The molecule has 2 N–H and O–H groups in total. The highest BCUT2D eigenvalue weighted by molar-refractivity contribution is 6.06. The van der Waals surface area contributed by atoms with Crippen LogP contribution in [0.3, 0.4) is 0 Å². The van der Waals surface area contributed by atoms with Crippen LogP contribution in [0.25, 0.3) is 21.9 Å². The zero-order valence-corrected chi connectivity index (χ0v) is 19.0. The highest BCUT2D eigenvalue weighted by Gasteiger charge is 2.23. The number of hydrogen-bond acceptors (Lipinski definition) is 6. The molecular formula is C23H29N7O3. The van der Waals surface area contributed by atoms with Crippen LogP contribution in [0.15, 0.2) is 24.3 Å². The molecule has 0 radical (unpaired) electrons. The van der Waals surface area contributed by atoms with Gasteiger partial charge in [0.15, 0.2) is 5.82 Å². The molecule has 3 aromatic rings. The molecule has 10 nitrogen and oxygen atoms in total. The first-order chi connectivity index (χ1) is 15.9. The Morgan fingerprint density at radius 1 is 1.15 bits per heavy atom. The van der Waals surface area contributed by atoms with Gasteiger partial charge in [-0.2, -0.15) is 0 Å². The summed E-state index contributed by atoms with van der Waals surface area (Å²) in [6, 6.07) is 7.70. The fraction of sp³-hybridized carbons (Fsp3) is 0.435. The van der Waals surface area contributed by atoms with Gasteiger partial charge in [-0.3, -0.25) is 14.4 Å². The molecule has 10 heteroatoms. The lowest BCUT2D eigenvalue weighted by Gasteiger charge is -2.32. The number of aromatic nitrogens is 3. The van der Waals surface area contributed by atoms with Gasteiger partial charge >= 0.3 is 0 Å². The van der Waals surface area contributed by atoms with Crippen molar-refractivity contribution >= 4 is 46.0 Å². The number of pyridine rings is 1. The van der Waals surface area contributed by atoms with E-state index in [4.69, 9.17) is 10.7 Å². The average molecular weight is 452 g/mol. The summed E-state index contributed by atoms with van der Waals surface area (Å²) in [5.41, 5.74) is 8.41. The number of para-hydroxylation sites is 1. The number of nitrogens with two attached hydrogens (primary N) is 1. The smallest absolute Gasteiger partial charge is 0.224 e. The van der Waals surface area contributed by atoms with E-state index in [0.717, 1.165) is 22.8 Å². The number of amides is 3. The molecule has 1 aromatic carbocycles. The Balaban J connectivity index is 1.69. The number of aryl methyl sites for hydroxylation is 1. The first kappa shape index (κ1) is 22.5. The molecule has 1 aliphatic rings. The zero-order valence-electron chi connectivity index (χ0n) is 19.0. The lowest BCUT2D eigenvalue weighted by atomic mass is 10.2. The van der Waals surface area contributed by atoms with Gasteiger partial charge < -0.3 is 25.0 Å². The number of nitrogens with zero attached hydrogens (tertiary/aromatic N) is 6. The Morgan fingerprint density at radius 2 is 1.88 bits per heavy atom. The third-order valence-electron chi connectivity index (χ3n) is 6.21. The van der Waals surface area contributed by atoms with Crippen LogP contribution in [-0.2, 0) is 27.5 Å². The monoisotopic (exact) mass is 451 g/mol. The van der Waals surface area contributed by atoms with Crippen molar-refractivity contribution in [2.75, 3.05) is 38.5 Å². The molecule has 4 rings (SSSR count). The number of piperazine rings is 1. The second-order valence-electron chi connectivity index (χ2n) is 8.20. The lowest BCUT2D eigenvalue weighted by molar-refractivity contribution is -0.135. The van der Waals surface area contributed by atoms with Crippen molar-refractivity contribution in [3.05, 3.63) is 30.1 Å². The predicted octanol–water partition coefficient (Wildman–Crippen LogP) is 1.23. The normalized spacial score (nSPS) is 14.1. The number of rotatable bonds is 7. The summed E-state index contributed by atoms with van der Waals surface area (Å²) in [5, 5.41) is 0.901. The number of carbonyl (C=O) groups is 3. The molecule has 0 bridgehead atoms. The van der Waals surface area contributed by atoms with E-state index < -0.39 is 0 Å². The summed E-state index contributed by atoms with van der Waals surface area (Å²) in [4.78, 5) is 50.4. The number of nitrogen functional groups attached to an aromatic ring is 1. The third-order valence-corrected chi connectivity index (χ3v) is 6.21. The van der Waals surface area contributed by atoms with Crippen LogP contribution >= 0.6 is 0 Å². The Labute approximate surface area is 191 Å². The number of benzene rings is 1. The first-order valence-electron chi connectivity index (χ1n) is 11.2. The highest BCUT2D eigenvalue weighted by Crippen LogP contribution is 2.29. The quantitative estimate of drug-likeness (QED) is 0.540. The van der Waals surface area contributed by atoms with Crippen LogP contribution in [0.5, 0.6) is 0 Å². The molecule has 3 amide bonds. The number of fused-ring (bicyclic) bond motifs is 3. The summed E-state index contributed by atoms with van der Waals surface area (Å²) < 4.78 is 2.00. The van der Waals surface area contributed by atoms with E-state index >= 15 is 0 Å². The minimum atomic E-state index is -0.0452. The molecule has 174 valence electrons. The lowest BCUT2D eigenvalue weighted by Crippen LogP contribution is -2.48. The zero-order chi connectivity index (χ0) is 23.5. The molecule has 1 fully saturated rings. The van der Waals surface area contributed by atoms with Gasteiger partial charge in [-0.05, 0) is 13.0 Å². The maximum atomic E-state index is 12.9. The molecule has 3 heterocycles. The molecule has 0 saturated carbocycles. The largest absolute Gasteiger partial charge is 0.382 e. The van der Waals surface area contributed by atoms with Gasteiger partial charge in [0.2, 0.25) is 18.2 Å². The maximum Gasteiger partial charge on any atom is 0.224 e. The van der Waals surface area contributed by atoms with Gasteiger partial charge in [-0.25, -0.2) is 9.97 Å². The average Bonchev–Trinajstić information content (AvgIpc) is 3.19. The van der Waals surface area contributed by atoms with E-state index in [-0.39, 0.29) is 18.2 Å². The van der Waals surface area contributed by atoms with E-state index in [1.807, 2.05) is 35.8 Å². The summed E-state index contributed by atoms with van der Waals surface area (Å²) in [6.45, 7) is 6.88. The van der Waals surface area contributed by atoms with Crippen molar-refractivity contribution in [2.24, 2.45) is 0 Å². The molecule has 1 saturated heterocycles. The number of anilines is 1. The van der Waals surface area contributed by atoms with E-state index in [9.17, 15) is 14.4 Å². The van der Waals surface area contributed by atoms with Gasteiger partial charge in [-0.15, -0.1) is 0 Å². The Bertz CT molecular complexity index is 1200.